The molecule has 3 aliphatic carbocycles. The molecule has 7 rings (SSSR count). The zero-order valence-corrected chi connectivity index (χ0v) is 17.3. The molecule has 3 aromatic carbocycles. The van der Waals surface area contributed by atoms with E-state index in [1.54, 1.807) is 0 Å². The monoisotopic (exact) mass is 407 g/mol. The molecular weight excluding hydrogens is 386 g/mol. The molecule has 31 heavy (non-hydrogen) atoms. The number of hydrogen-bond acceptors (Lipinski definition) is 3. The molecule has 0 aromatic heterocycles. The summed E-state index contributed by atoms with van der Waals surface area (Å²) in [5.74, 6) is -2.02. The first-order valence-corrected chi connectivity index (χ1v) is 10.6. The number of hydrogen-bond donors (Lipinski definition) is 0. The highest BCUT2D eigenvalue weighted by molar-refractivity contribution is 6.25. The van der Waals surface area contributed by atoms with Crippen LogP contribution in [0.3, 0.4) is 0 Å². The molecule has 1 aliphatic heterocycles. The molecule has 3 aromatic rings. The summed E-state index contributed by atoms with van der Waals surface area (Å²) in [5.41, 5.74) is 5.11. The lowest BCUT2D eigenvalue weighted by atomic mass is 9.48. The molecule has 2 atom stereocenters. The van der Waals surface area contributed by atoms with Crippen LogP contribution in [0.15, 0.2) is 66.7 Å². The van der Waals surface area contributed by atoms with E-state index in [1.165, 1.54) is 4.90 Å². The number of nitrogens with zero attached hydrogens (tertiary/aromatic N) is 1. The van der Waals surface area contributed by atoms with Crippen LogP contribution < -0.4 is 4.90 Å². The number of amides is 2. The molecule has 0 N–H and O–H groups in total. The Bertz CT molecular complexity index is 1260. The number of rotatable bonds is 2. The molecule has 1 saturated heterocycles. The largest absolute Gasteiger partial charge is 0.302 e. The average Bonchev–Trinajstić information content (AvgIpc) is 3.05. The summed E-state index contributed by atoms with van der Waals surface area (Å²) in [4.78, 5) is 42.0. The van der Waals surface area contributed by atoms with Gasteiger partial charge in [0.15, 0.2) is 0 Å². The van der Waals surface area contributed by atoms with Gasteiger partial charge in [-0.15, -0.1) is 0 Å². The molecule has 0 unspecified atom stereocenters. The van der Waals surface area contributed by atoms with Crippen LogP contribution in [0.4, 0.5) is 5.69 Å². The molecule has 1 heterocycles. The van der Waals surface area contributed by atoms with Crippen LogP contribution in [0.25, 0.3) is 0 Å². The predicted octanol–water partition coefficient (Wildman–Crippen LogP) is 4.05. The summed E-state index contributed by atoms with van der Waals surface area (Å²) < 4.78 is 0. The van der Waals surface area contributed by atoms with Crippen molar-refractivity contribution in [3.05, 3.63) is 100 Å². The highest BCUT2D eigenvalue weighted by atomic mass is 16.2. The Morgan fingerprint density at radius 2 is 1.45 bits per heavy atom. The summed E-state index contributed by atoms with van der Waals surface area (Å²) in [6.07, 6.45) is 0.911. The van der Waals surface area contributed by atoms with Crippen LogP contribution in [0.1, 0.15) is 39.3 Å². The number of carbonyl (C=O) groups excluding carboxylic acids is 3. The lowest BCUT2D eigenvalue weighted by molar-refractivity contribution is -0.128. The van der Waals surface area contributed by atoms with Gasteiger partial charge >= 0.3 is 0 Å². The number of aryl methyl sites for hydroxylation is 2. The van der Waals surface area contributed by atoms with Crippen LogP contribution >= 0.6 is 0 Å². The quantitative estimate of drug-likeness (QED) is 0.476. The molecule has 4 nitrogen and oxygen atoms in total. The van der Waals surface area contributed by atoms with E-state index in [1.807, 2.05) is 80.6 Å². The van der Waals surface area contributed by atoms with Crippen LogP contribution in [0, 0.1) is 25.7 Å². The van der Waals surface area contributed by atoms with Crippen molar-refractivity contribution in [2.45, 2.75) is 25.2 Å². The fourth-order valence-corrected chi connectivity index (χ4v) is 6.32. The van der Waals surface area contributed by atoms with E-state index >= 15 is 0 Å². The highest BCUT2D eigenvalue weighted by Crippen LogP contribution is 2.63. The number of carbonyl (C=O) groups is 3. The van der Waals surface area contributed by atoms with E-state index in [9.17, 15) is 14.4 Å². The van der Waals surface area contributed by atoms with Gasteiger partial charge in [-0.3, -0.25) is 9.59 Å². The van der Waals surface area contributed by atoms with Crippen molar-refractivity contribution >= 4 is 23.8 Å². The second kappa shape index (κ2) is 6.01. The van der Waals surface area contributed by atoms with Crippen LogP contribution in [0.2, 0.25) is 0 Å². The molecule has 1 fully saturated rings. The van der Waals surface area contributed by atoms with Crippen LogP contribution in [0.5, 0.6) is 0 Å². The summed E-state index contributed by atoms with van der Waals surface area (Å²) in [6, 6.07) is 21.3. The van der Waals surface area contributed by atoms with Gasteiger partial charge in [0, 0.05) is 5.92 Å². The predicted molar refractivity (Wildman–Crippen MR) is 117 cm³/mol. The lowest BCUT2D eigenvalue weighted by Crippen LogP contribution is -2.54. The molecule has 0 spiro atoms. The molecule has 2 amide bonds. The summed E-state index contributed by atoms with van der Waals surface area (Å²) in [6.45, 7) is 3.90. The Morgan fingerprint density at radius 1 is 0.839 bits per heavy atom. The maximum absolute atomic E-state index is 13.9. The highest BCUT2D eigenvalue weighted by Gasteiger charge is 2.68. The zero-order valence-electron chi connectivity index (χ0n) is 17.3. The van der Waals surface area contributed by atoms with Gasteiger partial charge in [-0.2, -0.15) is 0 Å². The minimum Gasteiger partial charge on any atom is -0.302 e. The van der Waals surface area contributed by atoms with Crippen molar-refractivity contribution in [3.63, 3.8) is 0 Å². The minimum atomic E-state index is -1.15. The first kappa shape index (κ1) is 18.3. The molecule has 152 valence electrons. The Morgan fingerprint density at radius 3 is 2.03 bits per heavy atom. The van der Waals surface area contributed by atoms with Gasteiger partial charge in [0.05, 0.1) is 22.9 Å². The minimum absolute atomic E-state index is 0.206. The third-order valence-corrected chi connectivity index (χ3v) is 7.46. The van der Waals surface area contributed by atoms with E-state index in [0.717, 1.165) is 39.7 Å². The van der Waals surface area contributed by atoms with Crippen LogP contribution in [-0.2, 0) is 19.8 Å². The first-order valence-electron chi connectivity index (χ1n) is 10.6. The Hall–Kier alpha value is -3.53. The normalized spacial score (nSPS) is 27.7. The van der Waals surface area contributed by atoms with Gasteiger partial charge in [-0.05, 0) is 47.7 Å². The standard InChI is InChI=1S/C27H21NO3/c1-15-11-12-21(16(2)13-15)28-25(30)23-22-17-7-3-5-9-19(17)27(14-29,24(23)26(28)31)20-10-6-4-8-18(20)22/h3-14,22-24H,1-2H3/t22?,23-,24-,27?/m1/s1. The smallest absolute Gasteiger partial charge is 0.239 e. The van der Waals surface area contributed by atoms with Gasteiger partial charge in [0.1, 0.15) is 6.29 Å². The SMILES string of the molecule is Cc1ccc(N2C(=O)[C@@H]3C4c5ccccc5C(C=O)(c5ccccc54)[C@H]3C2=O)c(C)c1. The summed E-state index contributed by atoms with van der Waals surface area (Å²) in [5, 5.41) is 0. The molecule has 0 radical (unpaired) electrons. The number of imide groups is 1. The van der Waals surface area contributed by atoms with Gasteiger partial charge in [-0.1, -0.05) is 66.2 Å². The second-order valence-corrected chi connectivity index (χ2v) is 8.94. The molecule has 0 saturated carbocycles. The fraction of sp³-hybridized carbons (Fsp3) is 0.222. The molecule has 4 aliphatic rings. The third-order valence-electron chi connectivity index (χ3n) is 7.46. The van der Waals surface area contributed by atoms with Gasteiger partial charge in [-0.25, -0.2) is 4.90 Å². The molecular formula is C27H21NO3. The third kappa shape index (κ3) is 2.03. The Kier molecular flexibility index (Phi) is 3.54. The van der Waals surface area contributed by atoms with Gasteiger partial charge < -0.3 is 4.79 Å². The van der Waals surface area contributed by atoms with Crippen molar-refractivity contribution in [1.29, 1.82) is 0 Å². The number of benzene rings is 3. The topological polar surface area (TPSA) is 54.5 Å². The van der Waals surface area contributed by atoms with Crippen molar-refractivity contribution in [1.82, 2.24) is 0 Å². The molecule has 2 bridgehead atoms. The van der Waals surface area contributed by atoms with Crippen molar-refractivity contribution in [3.8, 4) is 0 Å². The van der Waals surface area contributed by atoms with Crippen LogP contribution in [-0.4, -0.2) is 18.1 Å². The van der Waals surface area contributed by atoms with Crippen molar-refractivity contribution in [2.75, 3.05) is 4.90 Å². The Labute approximate surface area is 180 Å². The maximum Gasteiger partial charge on any atom is 0.239 e. The van der Waals surface area contributed by atoms with E-state index in [4.69, 9.17) is 0 Å². The average molecular weight is 407 g/mol. The van der Waals surface area contributed by atoms with Crippen molar-refractivity contribution in [2.24, 2.45) is 11.8 Å². The fourth-order valence-electron chi connectivity index (χ4n) is 6.32. The number of aldehydes is 1. The summed E-state index contributed by atoms with van der Waals surface area (Å²) >= 11 is 0. The summed E-state index contributed by atoms with van der Waals surface area (Å²) in [7, 11) is 0. The number of anilines is 1. The van der Waals surface area contributed by atoms with E-state index < -0.39 is 17.3 Å². The Balaban J connectivity index is 1.65. The van der Waals surface area contributed by atoms with Crippen molar-refractivity contribution < 1.29 is 14.4 Å². The second-order valence-electron chi connectivity index (χ2n) is 8.94. The van der Waals surface area contributed by atoms with Gasteiger partial charge in [0.25, 0.3) is 0 Å². The maximum atomic E-state index is 13.9. The molecule has 4 heteroatoms. The van der Waals surface area contributed by atoms with E-state index in [2.05, 4.69) is 0 Å². The van der Waals surface area contributed by atoms with Gasteiger partial charge in [0.2, 0.25) is 11.8 Å². The lowest BCUT2D eigenvalue weighted by Gasteiger charge is -2.51. The first-order chi connectivity index (χ1) is 15.0. The zero-order chi connectivity index (χ0) is 21.5. The van der Waals surface area contributed by atoms with E-state index in [-0.39, 0.29) is 17.7 Å². The van der Waals surface area contributed by atoms with E-state index in [0.29, 0.717) is 5.69 Å².